The first-order valence-electron chi connectivity index (χ1n) is 8.94. The Morgan fingerprint density at radius 3 is 2.79 bits per heavy atom. The van der Waals surface area contributed by atoms with E-state index < -0.39 is 0 Å². The van der Waals surface area contributed by atoms with Gasteiger partial charge in [-0.15, -0.1) is 0 Å². The van der Waals surface area contributed by atoms with Crippen LogP contribution in [0.5, 0.6) is 5.88 Å². The minimum atomic E-state index is 0.129. The monoisotopic (exact) mass is 397 g/mol. The van der Waals surface area contributed by atoms with Crippen molar-refractivity contribution in [3.8, 4) is 17.0 Å². The van der Waals surface area contributed by atoms with Crippen LogP contribution >= 0.6 is 11.6 Å². The van der Waals surface area contributed by atoms with Crippen molar-refractivity contribution in [3.63, 3.8) is 0 Å². The second-order valence-corrected chi connectivity index (χ2v) is 7.07. The summed E-state index contributed by atoms with van der Waals surface area (Å²) in [6.07, 6.45) is 6.47. The number of allylic oxidation sites excluding steroid dienone is 1. The summed E-state index contributed by atoms with van der Waals surface area (Å²) in [4.78, 5) is 21.5. The van der Waals surface area contributed by atoms with E-state index in [2.05, 4.69) is 19.4 Å². The van der Waals surface area contributed by atoms with Gasteiger partial charge in [-0.3, -0.25) is 9.36 Å². The molecule has 1 aromatic carbocycles. The highest BCUT2D eigenvalue weighted by molar-refractivity contribution is 6.30. The van der Waals surface area contributed by atoms with E-state index in [0.717, 1.165) is 48.0 Å². The van der Waals surface area contributed by atoms with E-state index in [9.17, 15) is 4.79 Å². The number of aldehydes is 1. The molecular weight excluding hydrogens is 378 g/mol. The number of halogens is 1. The van der Waals surface area contributed by atoms with E-state index in [1.54, 1.807) is 7.11 Å². The van der Waals surface area contributed by atoms with Crippen molar-refractivity contribution in [1.82, 2.24) is 19.4 Å². The lowest BCUT2D eigenvalue weighted by atomic mass is 10.1. The summed E-state index contributed by atoms with van der Waals surface area (Å²) in [5.41, 5.74) is 8.77. The number of nitrogens with zero attached hydrogens (tertiary/aromatic N) is 4. The molecule has 28 heavy (non-hydrogen) atoms. The Kier molecular flexibility index (Phi) is 4.92. The van der Waals surface area contributed by atoms with Gasteiger partial charge in [0.15, 0.2) is 0 Å². The highest BCUT2D eigenvalue weighted by Crippen LogP contribution is 2.44. The zero-order valence-electron chi connectivity index (χ0n) is 15.4. The van der Waals surface area contributed by atoms with Crippen molar-refractivity contribution >= 4 is 34.7 Å². The Balaban J connectivity index is 1.90. The Morgan fingerprint density at radius 2 is 2.07 bits per heavy atom. The van der Waals surface area contributed by atoms with Gasteiger partial charge < -0.3 is 15.4 Å². The van der Waals surface area contributed by atoms with Crippen molar-refractivity contribution in [1.29, 1.82) is 0 Å². The van der Waals surface area contributed by atoms with Crippen molar-refractivity contribution in [2.45, 2.75) is 12.5 Å². The third-order valence-electron chi connectivity index (χ3n) is 5.03. The fourth-order valence-electron chi connectivity index (χ4n) is 3.83. The fourth-order valence-corrected chi connectivity index (χ4v) is 3.96. The number of methoxy groups -OCH3 is 1. The molecule has 3 heterocycles. The van der Waals surface area contributed by atoms with E-state index in [4.69, 9.17) is 22.1 Å². The van der Waals surface area contributed by atoms with Gasteiger partial charge >= 0.3 is 0 Å². The lowest BCUT2D eigenvalue weighted by Crippen LogP contribution is -2.16. The van der Waals surface area contributed by atoms with Crippen LogP contribution in [0.3, 0.4) is 0 Å². The number of fused-ring (bicyclic) bond motifs is 1. The van der Waals surface area contributed by atoms with Crippen LogP contribution in [0, 0.1) is 0 Å². The average molecular weight is 398 g/mol. The molecule has 0 radical (unpaired) electrons. The van der Waals surface area contributed by atoms with Crippen LogP contribution in [0.2, 0.25) is 5.02 Å². The van der Waals surface area contributed by atoms with Gasteiger partial charge in [0.1, 0.15) is 24.1 Å². The number of hydrogen-bond donors (Lipinski definition) is 1. The van der Waals surface area contributed by atoms with Crippen LogP contribution in [0.15, 0.2) is 42.9 Å². The molecule has 144 valence electrons. The number of rotatable bonds is 5. The summed E-state index contributed by atoms with van der Waals surface area (Å²) in [7, 11) is 1.65. The summed E-state index contributed by atoms with van der Waals surface area (Å²) >= 11 is 6.07. The van der Waals surface area contributed by atoms with Crippen LogP contribution < -0.4 is 10.5 Å². The lowest BCUT2D eigenvalue weighted by Gasteiger charge is -2.18. The Labute approximate surface area is 167 Å². The third-order valence-corrected chi connectivity index (χ3v) is 5.28. The Morgan fingerprint density at radius 1 is 1.29 bits per heavy atom. The van der Waals surface area contributed by atoms with Gasteiger partial charge in [0.2, 0.25) is 5.88 Å². The van der Waals surface area contributed by atoms with Gasteiger partial charge in [-0.1, -0.05) is 23.7 Å². The smallest absolute Gasteiger partial charge is 0.204 e. The van der Waals surface area contributed by atoms with Crippen LogP contribution in [0.25, 0.3) is 22.2 Å². The standard InChI is InChI=1S/C20H20ClN5O2/c1-28-20-16(13-3-5-14(21)6-4-13)17-18(22)23-12-24-19(17)26(20)15-7-9-25(11-15)8-2-10-27/h2-6,8,10,12,15H,7,9,11H2,1H3,(H2,22,23,24). The molecule has 1 aliphatic heterocycles. The van der Waals surface area contributed by atoms with Crippen LogP contribution in [0.1, 0.15) is 12.5 Å². The molecule has 3 aromatic rings. The Hall–Kier alpha value is -3.06. The number of nitrogen functional groups attached to an aromatic ring is 1. The van der Waals surface area contributed by atoms with Gasteiger partial charge in [0, 0.05) is 24.3 Å². The summed E-state index contributed by atoms with van der Waals surface area (Å²) in [5.74, 6) is 1.10. The summed E-state index contributed by atoms with van der Waals surface area (Å²) < 4.78 is 7.93. The van der Waals surface area contributed by atoms with E-state index >= 15 is 0 Å². The van der Waals surface area contributed by atoms with E-state index in [1.165, 1.54) is 12.4 Å². The number of nitrogens with two attached hydrogens (primary N) is 1. The van der Waals surface area contributed by atoms with Crippen molar-refractivity contribution in [3.05, 3.63) is 47.9 Å². The first kappa shape index (κ1) is 18.3. The molecule has 0 amide bonds. The second-order valence-electron chi connectivity index (χ2n) is 6.63. The lowest BCUT2D eigenvalue weighted by molar-refractivity contribution is -0.104. The first-order valence-corrected chi connectivity index (χ1v) is 9.32. The van der Waals surface area contributed by atoms with Gasteiger partial charge in [-0.05, 0) is 30.2 Å². The maximum Gasteiger partial charge on any atom is 0.204 e. The number of carbonyl (C=O) groups excluding carboxylic acids is 1. The maximum absolute atomic E-state index is 10.6. The summed E-state index contributed by atoms with van der Waals surface area (Å²) in [5, 5.41) is 1.42. The van der Waals surface area contributed by atoms with E-state index in [0.29, 0.717) is 16.7 Å². The maximum atomic E-state index is 10.6. The average Bonchev–Trinajstić information content (AvgIpc) is 3.29. The number of likely N-dealkylation sites (tertiary alicyclic amines) is 1. The largest absolute Gasteiger partial charge is 0.482 e. The quantitative estimate of drug-likeness (QED) is 0.525. The molecule has 1 atom stereocenters. The molecule has 1 fully saturated rings. The Bertz CT molecular complexity index is 1040. The highest BCUT2D eigenvalue weighted by atomic mass is 35.5. The van der Waals surface area contributed by atoms with Crippen molar-refractivity contribution < 1.29 is 9.53 Å². The normalized spacial score (nSPS) is 16.9. The topological polar surface area (TPSA) is 86.3 Å². The molecule has 2 aromatic heterocycles. The predicted molar refractivity (Wildman–Crippen MR) is 109 cm³/mol. The zero-order valence-corrected chi connectivity index (χ0v) is 16.1. The highest BCUT2D eigenvalue weighted by Gasteiger charge is 2.30. The van der Waals surface area contributed by atoms with Gasteiger partial charge in [-0.25, -0.2) is 9.97 Å². The molecule has 0 bridgehead atoms. The van der Waals surface area contributed by atoms with E-state index in [1.807, 2.05) is 30.5 Å². The molecule has 0 aliphatic carbocycles. The van der Waals surface area contributed by atoms with E-state index in [-0.39, 0.29) is 6.04 Å². The molecule has 1 saturated heterocycles. The molecule has 2 N–H and O–H groups in total. The second kappa shape index (κ2) is 7.52. The van der Waals surface area contributed by atoms with Crippen molar-refractivity contribution in [2.75, 3.05) is 25.9 Å². The SMILES string of the molecule is COc1c(-c2ccc(Cl)cc2)c2c(N)ncnc2n1C1CCN(C=CC=O)C1. The molecule has 8 heteroatoms. The number of aromatic nitrogens is 3. The summed E-state index contributed by atoms with van der Waals surface area (Å²) in [6, 6.07) is 7.67. The minimum absolute atomic E-state index is 0.129. The molecule has 0 saturated carbocycles. The van der Waals surface area contributed by atoms with Crippen LogP contribution in [-0.4, -0.2) is 45.9 Å². The zero-order chi connectivity index (χ0) is 19.7. The molecule has 4 rings (SSSR count). The number of hydrogen-bond acceptors (Lipinski definition) is 6. The molecule has 0 spiro atoms. The number of carbonyl (C=O) groups is 1. The van der Waals surface area contributed by atoms with Crippen molar-refractivity contribution in [2.24, 2.45) is 0 Å². The third kappa shape index (κ3) is 3.07. The first-order chi connectivity index (χ1) is 13.6. The molecular formula is C20H20ClN5O2. The summed E-state index contributed by atoms with van der Waals surface area (Å²) in [6.45, 7) is 1.59. The fraction of sp³-hybridized carbons (Fsp3) is 0.250. The van der Waals surface area contributed by atoms with Gasteiger partial charge in [-0.2, -0.15) is 0 Å². The molecule has 7 nitrogen and oxygen atoms in total. The van der Waals surface area contributed by atoms with Gasteiger partial charge in [0.05, 0.1) is 24.1 Å². The molecule has 1 aliphatic rings. The molecule has 1 unspecified atom stereocenters. The van der Waals surface area contributed by atoms with Crippen LogP contribution in [0.4, 0.5) is 5.82 Å². The number of ether oxygens (including phenoxy) is 1. The number of benzene rings is 1. The predicted octanol–water partition coefficient (Wildman–Crippen LogP) is 3.30. The van der Waals surface area contributed by atoms with Crippen LogP contribution in [-0.2, 0) is 4.79 Å². The number of anilines is 1. The van der Waals surface area contributed by atoms with Gasteiger partial charge in [0.25, 0.3) is 0 Å². The minimum Gasteiger partial charge on any atom is -0.482 e.